The Morgan fingerprint density at radius 3 is 2.44 bits per heavy atom. The van der Waals surface area contributed by atoms with Crippen molar-refractivity contribution in [2.75, 3.05) is 23.9 Å². The zero-order valence-electron chi connectivity index (χ0n) is 19.2. The van der Waals surface area contributed by atoms with Crippen LogP contribution in [0.3, 0.4) is 0 Å². The van der Waals surface area contributed by atoms with Crippen molar-refractivity contribution in [3.8, 4) is 0 Å². The van der Waals surface area contributed by atoms with Crippen LogP contribution in [0.2, 0.25) is 0 Å². The fourth-order valence-corrected chi connectivity index (χ4v) is 3.33. The number of aromatic nitrogens is 3. The van der Waals surface area contributed by atoms with Gasteiger partial charge in [-0.15, -0.1) is 0 Å². The Balaban J connectivity index is 2.01. The molecule has 3 heterocycles. The quantitative estimate of drug-likeness (QED) is 0.503. The number of nitrogens with one attached hydrogen (secondary N) is 3. The number of sulfone groups is 1. The summed E-state index contributed by atoms with van der Waals surface area (Å²) in [6.07, 6.45) is -0.706. The zero-order chi connectivity index (χ0) is 26.0. The maximum atomic E-state index is 12.8. The van der Waals surface area contributed by atoms with E-state index in [1.54, 1.807) is 5.32 Å². The number of hydrogen-bond acceptors (Lipinski definition) is 8. The average Bonchev–Trinajstić information content (AvgIpc) is 2.72. The lowest BCUT2D eigenvalue weighted by atomic mass is 10.2. The van der Waals surface area contributed by atoms with Crippen molar-refractivity contribution in [3.63, 3.8) is 0 Å². The molecule has 0 spiro atoms. The first kappa shape index (κ1) is 19.0. The largest absolute Gasteiger partial charge is 0.417 e. The molecule has 3 aromatic rings. The topological polar surface area (TPSA) is 126 Å². The average molecular weight is 469 g/mol. The Morgan fingerprint density at radius 1 is 1.06 bits per heavy atom. The van der Waals surface area contributed by atoms with Crippen molar-refractivity contribution in [1.82, 2.24) is 20.3 Å². The first-order valence-corrected chi connectivity index (χ1v) is 10.6. The monoisotopic (exact) mass is 469 g/mol. The second-order valence-corrected chi connectivity index (χ2v) is 8.36. The summed E-state index contributed by atoms with van der Waals surface area (Å²) < 4.78 is 84.2. The van der Waals surface area contributed by atoms with Crippen LogP contribution in [0, 0.1) is 0 Å². The molecule has 0 saturated carbocycles. The van der Waals surface area contributed by atoms with Crippen LogP contribution >= 0.6 is 0 Å². The standard InChI is InChI=1S/C19H17F3N6O3S/c1-23-18(29)12-10-26-16(28-15-6-5-11(9-25-15)19(20,21)22)8-13(12)27-17-14(32(2,30)31)4-3-7-24-17/h3-10H,1-2H3,(H,23,29)(H2,24,25,26,27,28)/i1D3. The van der Waals surface area contributed by atoms with Gasteiger partial charge in [0, 0.05) is 42.0 Å². The van der Waals surface area contributed by atoms with Gasteiger partial charge in [0.15, 0.2) is 9.84 Å². The maximum Gasteiger partial charge on any atom is 0.417 e. The van der Waals surface area contributed by atoms with Crippen LogP contribution in [0.15, 0.2) is 53.8 Å². The predicted octanol–water partition coefficient (Wildman–Crippen LogP) is 3.14. The molecular weight excluding hydrogens is 449 g/mol. The van der Waals surface area contributed by atoms with Crippen molar-refractivity contribution in [3.05, 3.63) is 60.0 Å². The van der Waals surface area contributed by atoms with Crippen molar-refractivity contribution in [2.24, 2.45) is 0 Å². The molecule has 1 amide bonds. The summed E-state index contributed by atoms with van der Waals surface area (Å²) in [5.41, 5.74) is -1.31. The highest BCUT2D eigenvalue weighted by molar-refractivity contribution is 7.90. The second kappa shape index (κ2) is 8.78. The van der Waals surface area contributed by atoms with Gasteiger partial charge >= 0.3 is 6.18 Å². The summed E-state index contributed by atoms with van der Waals surface area (Å²) >= 11 is 0. The van der Waals surface area contributed by atoms with E-state index in [-0.39, 0.29) is 33.6 Å². The van der Waals surface area contributed by atoms with Crippen LogP contribution in [-0.4, -0.2) is 42.5 Å². The first-order chi connectivity index (χ1) is 16.1. The number of pyridine rings is 3. The Bertz CT molecular complexity index is 1350. The molecule has 0 aromatic carbocycles. The lowest BCUT2D eigenvalue weighted by molar-refractivity contribution is -0.137. The van der Waals surface area contributed by atoms with Crippen LogP contribution in [0.25, 0.3) is 0 Å². The molecule has 0 aliphatic carbocycles. The fourth-order valence-electron chi connectivity index (χ4n) is 2.55. The normalized spacial score (nSPS) is 13.4. The number of amides is 1. The molecule has 0 fully saturated rings. The number of rotatable bonds is 6. The molecule has 3 N–H and O–H groups in total. The molecule has 0 unspecified atom stereocenters. The molecule has 13 heteroatoms. The minimum atomic E-state index is -4.57. The molecule has 0 atom stereocenters. The van der Waals surface area contributed by atoms with E-state index < -0.39 is 34.5 Å². The molecule has 0 aliphatic heterocycles. The van der Waals surface area contributed by atoms with E-state index in [4.69, 9.17) is 4.11 Å². The van der Waals surface area contributed by atoms with Crippen molar-refractivity contribution in [1.29, 1.82) is 0 Å². The van der Waals surface area contributed by atoms with Gasteiger partial charge in [0.1, 0.15) is 22.3 Å². The third kappa shape index (κ3) is 5.29. The Kier molecular flexibility index (Phi) is 5.21. The van der Waals surface area contributed by atoms with E-state index in [1.807, 2.05) is 0 Å². The van der Waals surface area contributed by atoms with Gasteiger partial charge in [-0.05, 0) is 24.3 Å². The summed E-state index contributed by atoms with van der Waals surface area (Å²) in [5, 5.41) is 7.14. The number of alkyl halides is 3. The van der Waals surface area contributed by atoms with Crippen molar-refractivity contribution < 1.29 is 30.5 Å². The second-order valence-electron chi connectivity index (χ2n) is 6.37. The Morgan fingerprint density at radius 2 is 1.81 bits per heavy atom. The zero-order valence-corrected chi connectivity index (χ0v) is 17.0. The van der Waals surface area contributed by atoms with Gasteiger partial charge in [0.25, 0.3) is 5.91 Å². The lowest BCUT2D eigenvalue weighted by Gasteiger charge is -2.14. The van der Waals surface area contributed by atoms with Crippen LogP contribution in [-0.2, 0) is 16.0 Å². The number of nitrogens with zero attached hydrogens (tertiary/aromatic N) is 3. The molecule has 0 radical (unpaired) electrons. The Labute approximate surface area is 185 Å². The molecule has 168 valence electrons. The van der Waals surface area contributed by atoms with Crippen LogP contribution in [0.1, 0.15) is 20.0 Å². The summed E-state index contributed by atoms with van der Waals surface area (Å²) in [6.45, 7) is -2.82. The molecule has 0 aliphatic rings. The molecule has 0 bridgehead atoms. The molecule has 32 heavy (non-hydrogen) atoms. The number of carbonyl (C=O) groups is 1. The first-order valence-electron chi connectivity index (χ1n) is 10.2. The van der Waals surface area contributed by atoms with Crippen LogP contribution in [0.4, 0.5) is 36.3 Å². The fraction of sp³-hybridized carbons (Fsp3) is 0.158. The van der Waals surface area contributed by atoms with Crippen molar-refractivity contribution in [2.45, 2.75) is 11.1 Å². The van der Waals surface area contributed by atoms with Crippen LogP contribution in [0.5, 0.6) is 0 Å². The summed E-state index contributed by atoms with van der Waals surface area (Å²) in [7, 11) is -3.74. The summed E-state index contributed by atoms with van der Waals surface area (Å²) in [5.74, 6) is -1.20. The molecule has 9 nitrogen and oxygen atoms in total. The van der Waals surface area contributed by atoms with Gasteiger partial charge in [-0.3, -0.25) is 4.79 Å². The van der Waals surface area contributed by atoms with E-state index in [0.717, 1.165) is 24.6 Å². The van der Waals surface area contributed by atoms with E-state index in [1.165, 1.54) is 24.4 Å². The minimum Gasteiger partial charge on any atom is -0.355 e. The SMILES string of the molecule is [2H]C([2H])([2H])NC(=O)c1cnc(Nc2ccc(C(F)(F)F)cn2)cc1Nc1ncccc1S(C)(=O)=O. The number of halogens is 3. The molecule has 3 aromatic heterocycles. The number of hydrogen-bond donors (Lipinski definition) is 3. The van der Waals surface area contributed by atoms with Gasteiger partial charge in [0.05, 0.1) is 16.8 Å². The maximum absolute atomic E-state index is 12.8. The summed E-state index contributed by atoms with van der Waals surface area (Å²) in [6, 6.07) is 5.75. The third-order valence-corrected chi connectivity index (χ3v) is 5.16. The molecule has 0 saturated heterocycles. The predicted molar refractivity (Wildman–Crippen MR) is 111 cm³/mol. The number of carbonyl (C=O) groups excluding carboxylic acids is 1. The van der Waals surface area contributed by atoms with Gasteiger partial charge in [-0.25, -0.2) is 23.4 Å². The summed E-state index contributed by atoms with van der Waals surface area (Å²) in [4.78, 5) is 23.9. The van der Waals surface area contributed by atoms with Gasteiger partial charge in [-0.2, -0.15) is 13.2 Å². The minimum absolute atomic E-state index is 0.00188. The molecule has 3 rings (SSSR count). The van der Waals surface area contributed by atoms with Gasteiger partial charge < -0.3 is 16.0 Å². The number of anilines is 4. The van der Waals surface area contributed by atoms with Crippen LogP contribution < -0.4 is 16.0 Å². The highest BCUT2D eigenvalue weighted by Crippen LogP contribution is 2.30. The highest BCUT2D eigenvalue weighted by atomic mass is 32.2. The van der Waals surface area contributed by atoms with E-state index in [0.29, 0.717) is 6.20 Å². The lowest BCUT2D eigenvalue weighted by Crippen LogP contribution is -2.20. The van der Waals surface area contributed by atoms with E-state index in [2.05, 4.69) is 25.6 Å². The smallest absolute Gasteiger partial charge is 0.355 e. The molecular formula is C19H17F3N6O3S. The highest BCUT2D eigenvalue weighted by Gasteiger charge is 2.30. The Hall–Kier alpha value is -3.74. The van der Waals surface area contributed by atoms with Gasteiger partial charge in [-0.1, -0.05) is 0 Å². The van der Waals surface area contributed by atoms with Crippen molar-refractivity contribution >= 4 is 38.9 Å². The third-order valence-electron chi connectivity index (χ3n) is 4.03. The van der Waals surface area contributed by atoms with E-state index in [9.17, 15) is 26.4 Å². The van der Waals surface area contributed by atoms with E-state index >= 15 is 0 Å². The van der Waals surface area contributed by atoms with Gasteiger partial charge in [0.2, 0.25) is 0 Å².